The van der Waals surface area contributed by atoms with Gasteiger partial charge >= 0.3 is 6.09 Å². The number of aromatic nitrogens is 2. The maximum Gasteiger partial charge on any atom is 0.440 e. The summed E-state index contributed by atoms with van der Waals surface area (Å²) >= 11 is 0. The first-order chi connectivity index (χ1) is 10.6. The molecule has 0 aliphatic carbocycles. The monoisotopic (exact) mass is 344 g/mol. The van der Waals surface area contributed by atoms with Gasteiger partial charge in [-0.15, -0.1) is 10.2 Å². The first-order valence-electron chi connectivity index (χ1n) is 6.80. The molecule has 0 aliphatic heterocycles. The van der Waals surface area contributed by atoms with E-state index in [1.54, 1.807) is 20.8 Å². The number of ether oxygens (including phenoxy) is 1. The fourth-order valence-corrected chi connectivity index (χ4v) is 2.06. The van der Waals surface area contributed by atoms with Gasteiger partial charge in [0.25, 0.3) is 0 Å². The van der Waals surface area contributed by atoms with E-state index in [0.717, 1.165) is 0 Å². The maximum atomic E-state index is 11.7. The van der Waals surface area contributed by atoms with E-state index in [0.29, 0.717) is 17.1 Å². The standard InChI is InChI=1S/C13H20N4O5S/c1-5-23(19,20)11-7-6-10(15-16-11)8-21-17(9-14)12(18)22-13(2,3)4/h6-7,9,14H,5,8H2,1-4H3. The van der Waals surface area contributed by atoms with Crippen molar-refractivity contribution in [2.45, 2.75) is 44.9 Å². The molecule has 0 radical (unpaired) electrons. The molecule has 1 amide bonds. The third kappa shape index (κ3) is 5.91. The molecule has 0 aliphatic rings. The van der Waals surface area contributed by atoms with E-state index < -0.39 is 21.5 Å². The van der Waals surface area contributed by atoms with Crippen LogP contribution in [0.4, 0.5) is 4.79 Å². The van der Waals surface area contributed by atoms with Crippen LogP contribution in [0.1, 0.15) is 33.4 Å². The Bertz CT molecular complexity index is 652. The zero-order valence-corrected chi connectivity index (χ0v) is 14.3. The van der Waals surface area contributed by atoms with Crippen molar-refractivity contribution in [3.8, 4) is 0 Å². The number of nitrogens with zero attached hydrogens (tertiary/aromatic N) is 3. The van der Waals surface area contributed by atoms with E-state index in [2.05, 4.69) is 10.2 Å². The zero-order chi connectivity index (χ0) is 17.7. The molecular formula is C13H20N4O5S. The van der Waals surface area contributed by atoms with Crippen LogP contribution in [0.15, 0.2) is 17.2 Å². The molecule has 9 nitrogen and oxygen atoms in total. The molecular weight excluding hydrogens is 324 g/mol. The van der Waals surface area contributed by atoms with Crippen LogP contribution in [0.25, 0.3) is 0 Å². The molecule has 0 bridgehead atoms. The first kappa shape index (κ1) is 19.0. The molecule has 10 heteroatoms. The Hall–Kier alpha value is -2.07. The van der Waals surface area contributed by atoms with Crippen molar-refractivity contribution in [3.63, 3.8) is 0 Å². The van der Waals surface area contributed by atoms with E-state index >= 15 is 0 Å². The van der Waals surface area contributed by atoms with Gasteiger partial charge in [-0.2, -0.15) is 5.10 Å². The fraction of sp³-hybridized carbons (Fsp3) is 0.538. The summed E-state index contributed by atoms with van der Waals surface area (Å²) in [6, 6.07) is 2.74. The fourth-order valence-electron chi connectivity index (χ4n) is 1.32. The molecule has 1 N–H and O–H groups in total. The summed E-state index contributed by atoms with van der Waals surface area (Å²) in [5.41, 5.74) is -0.423. The third-order valence-electron chi connectivity index (χ3n) is 2.44. The first-order valence-corrected chi connectivity index (χ1v) is 8.45. The topological polar surface area (TPSA) is 123 Å². The van der Waals surface area contributed by atoms with Crippen LogP contribution in [0.2, 0.25) is 0 Å². The summed E-state index contributed by atoms with van der Waals surface area (Å²) in [6.07, 6.45) is -0.178. The van der Waals surface area contributed by atoms with Crippen molar-refractivity contribution in [2.75, 3.05) is 5.75 Å². The van der Waals surface area contributed by atoms with Gasteiger partial charge < -0.3 is 4.74 Å². The molecule has 1 heterocycles. The molecule has 0 saturated heterocycles. The Kier molecular flexibility index (Phi) is 6.16. The highest BCUT2D eigenvalue weighted by Gasteiger charge is 2.22. The quantitative estimate of drug-likeness (QED) is 0.472. The van der Waals surface area contributed by atoms with Crippen LogP contribution in [0, 0.1) is 5.41 Å². The van der Waals surface area contributed by atoms with Gasteiger partial charge in [-0.25, -0.2) is 13.2 Å². The third-order valence-corrected chi connectivity index (χ3v) is 4.05. The van der Waals surface area contributed by atoms with Gasteiger partial charge in [0.2, 0.25) is 0 Å². The van der Waals surface area contributed by atoms with Gasteiger partial charge in [0, 0.05) is 0 Å². The molecule has 0 saturated carbocycles. The van der Waals surface area contributed by atoms with Gasteiger partial charge in [-0.3, -0.25) is 10.2 Å². The second-order valence-corrected chi connectivity index (χ2v) is 7.70. The summed E-state index contributed by atoms with van der Waals surface area (Å²) in [5, 5.41) is 15.0. The second-order valence-electron chi connectivity index (χ2n) is 5.48. The van der Waals surface area contributed by atoms with Crippen molar-refractivity contribution in [3.05, 3.63) is 17.8 Å². The number of amides is 1. The predicted molar refractivity (Wildman–Crippen MR) is 81.4 cm³/mol. The van der Waals surface area contributed by atoms with E-state index in [1.807, 2.05) is 0 Å². The number of hydrogen-bond donors (Lipinski definition) is 1. The van der Waals surface area contributed by atoms with Crippen LogP contribution in [-0.4, -0.2) is 47.5 Å². The molecule has 0 fully saturated rings. The maximum absolute atomic E-state index is 11.7. The molecule has 0 spiro atoms. The minimum atomic E-state index is -3.42. The molecule has 1 aromatic heterocycles. The van der Waals surface area contributed by atoms with Gasteiger partial charge in [-0.1, -0.05) is 6.92 Å². The van der Waals surface area contributed by atoms with Crippen LogP contribution < -0.4 is 0 Å². The lowest BCUT2D eigenvalue weighted by Gasteiger charge is -2.23. The Morgan fingerprint density at radius 2 is 2.00 bits per heavy atom. The number of hydroxylamine groups is 2. The van der Waals surface area contributed by atoms with E-state index in [9.17, 15) is 13.2 Å². The molecule has 128 valence electrons. The summed E-state index contributed by atoms with van der Waals surface area (Å²) in [5.74, 6) is -0.0717. The Morgan fingerprint density at radius 1 is 1.35 bits per heavy atom. The van der Waals surface area contributed by atoms with E-state index in [1.165, 1.54) is 19.1 Å². The van der Waals surface area contributed by atoms with Crippen LogP contribution in [-0.2, 0) is 26.0 Å². The number of sulfone groups is 1. The van der Waals surface area contributed by atoms with E-state index in [4.69, 9.17) is 15.0 Å². The summed E-state index contributed by atoms with van der Waals surface area (Å²) in [7, 11) is -3.42. The average molecular weight is 344 g/mol. The number of hydrogen-bond acceptors (Lipinski definition) is 8. The minimum Gasteiger partial charge on any atom is -0.442 e. The van der Waals surface area contributed by atoms with Crippen LogP contribution in [0.3, 0.4) is 0 Å². The number of nitrogens with one attached hydrogen (secondary N) is 1. The van der Waals surface area contributed by atoms with Crippen molar-refractivity contribution in [1.29, 1.82) is 5.41 Å². The van der Waals surface area contributed by atoms with Gasteiger partial charge in [0.05, 0.1) is 11.4 Å². The summed E-state index contributed by atoms with van der Waals surface area (Å²) in [4.78, 5) is 16.8. The second kappa shape index (κ2) is 7.47. The molecule has 23 heavy (non-hydrogen) atoms. The smallest absolute Gasteiger partial charge is 0.440 e. The Morgan fingerprint density at radius 3 is 2.43 bits per heavy atom. The van der Waals surface area contributed by atoms with Crippen molar-refractivity contribution in [2.24, 2.45) is 0 Å². The highest BCUT2D eigenvalue weighted by Crippen LogP contribution is 2.11. The lowest BCUT2D eigenvalue weighted by atomic mass is 10.2. The van der Waals surface area contributed by atoms with Crippen LogP contribution in [0.5, 0.6) is 0 Å². The largest absolute Gasteiger partial charge is 0.442 e. The van der Waals surface area contributed by atoms with Crippen molar-refractivity contribution < 1.29 is 22.8 Å². The Balaban J connectivity index is 2.70. The molecule has 0 aromatic carbocycles. The Labute approximate surface area is 135 Å². The normalized spacial score (nSPS) is 11.8. The van der Waals surface area contributed by atoms with Gasteiger partial charge in [-0.05, 0) is 32.9 Å². The van der Waals surface area contributed by atoms with Gasteiger partial charge in [0.15, 0.2) is 14.9 Å². The van der Waals surface area contributed by atoms with Crippen LogP contribution >= 0.6 is 0 Å². The SMILES string of the molecule is CCS(=O)(=O)c1ccc(CON(C=N)C(=O)OC(C)(C)C)nn1. The van der Waals surface area contributed by atoms with Gasteiger partial charge in [0.1, 0.15) is 18.5 Å². The molecule has 0 unspecified atom stereocenters. The summed E-state index contributed by atoms with van der Waals surface area (Å²) < 4.78 is 28.3. The lowest BCUT2D eigenvalue weighted by Crippen LogP contribution is -2.35. The van der Waals surface area contributed by atoms with E-state index in [-0.39, 0.29) is 17.4 Å². The molecule has 0 atom stereocenters. The number of rotatable bonds is 6. The number of carbonyl (C=O) groups excluding carboxylic acids is 1. The lowest BCUT2D eigenvalue weighted by molar-refractivity contribution is -0.106. The highest BCUT2D eigenvalue weighted by molar-refractivity contribution is 7.91. The molecule has 1 aromatic rings. The van der Waals surface area contributed by atoms with Crippen molar-refractivity contribution >= 4 is 22.3 Å². The summed E-state index contributed by atoms with van der Waals surface area (Å²) in [6.45, 7) is 6.40. The number of carbonyl (C=O) groups is 1. The van der Waals surface area contributed by atoms with Crippen molar-refractivity contribution in [1.82, 2.24) is 15.3 Å². The predicted octanol–water partition coefficient (Wildman–Crippen LogP) is 1.55. The minimum absolute atomic E-state index is 0.0717. The average Bonchev–Trinajstić information content (AvgIpc) is 2.46. The highest BCUT2D eigenvalue weighted by atomic mass is 32.2. The molecule has 1 rings (SSSR count). The zero-order valence-electron chi connectivity index (χ0n) is 13.4.